The summed E-state index contributed by atoms with van der Waals surface area (Å²) >= 11 is 0. The van der Waals surface area contributed by atoms with Crippen molar-refractivity contribution < 1.29 is 9.30 Å². The van der Waals surface area contributed by atoms with Gasteiger partial charge < -0.3 is 19.5 Å². The van der Waals surface area contributed by atoms with Crippen molar-refractivity contribution in [3.63, 3.8) is 0 Å². The standard InChI is InChI=1S/C41H67N8O/c1-10-38-46(8)35-15-11-12-16-36(35)49(38)37(45-42)18-17-30(3)39-34(28-32-14-13-24-43-25-20-29(32)2)44-40(47(39)9)50-33-21-26-48(27-22-33)31(4)19-23-41(5,6)7/h11-12,15-16,18,29-30,32-33,43,45H,4,10,13-14,17,19-28,42H2,1-3,5-9H3/q+1. The molecular weight excluding hydrogens is 621 g/mol. The molecule has 2 aliphatic rings. The third kappa shape index (κ3) is 8.94. The third-order valence-corrected chi connectivity index (χ3v) is 11.4. The summed E-state index contributed by atoms with van der Waals surface area (Å²) in [5.74, 6) is 9.85. The van der Waals surface area contributed by atoms with E-state index in [1.807, 2.05) is 0 Å². The molecule has 0 aliphatic carbocycles. The number of rotatable bonds is 13. The maximum Gasteiger partial charge on any atom is 0.296 e. The number of imidazole rings is 2. The average Bonchev–Trinajstić information content (AvgIpc) is 3.55. The molecule has 0 bridgehead atoms. The second-order valence-corrected chi connectivity index (χ2v) is 16.4. The van der Waals surface area contributed by atoms with E-state index in [-0.39, 0.29) is 12.0 Å². The van der Waals surface area contributed by atoms with Crippen molar-refractivity contribution >= 4 is 16.9 Å². The number of ether oxygens (including phenoxy) is 1. The molecule has 2 aromatic heterocycles. The molecule has 0 saturated carbocycles. The van der Waals surface area contributed by atoms with Gasteiger partial charge in [0.1, 0.15) is 6.10 Å². The number of hydrogen-bond donors (Lipinski definition) is 3. The van der Waals surface area contributed by atoms with Crippen LogP contribution in [-0.2, 0) is 26.9 Å². The highest BCUT2D eigenvalue weighted by molar-refractivity contribution is 5.76. The van der Waals surface area contributed by atoms with E-state index in [4.69, 9.17) is 15.6 Å². The van der Waals surface area contributed by atoms with E-state index in [1.165, 1.54) is 47.7 Å². The topological polar surface area (TPSA) is 89.2 Å². The lowest BCUT2D eigenvalue weighted by molar-refractivity contribution is -0.653. The molecule has 1 aromatic carbocycles. The Labute approximate surface area is 302 Å². The zero-order chi connectivity index (χ0) is 36.0. The van der Waals surface area contributed by atoms with Crippen molar-refractivity contribution in [3.8, 4) is 6.01 Å². The Morgan fingerprint density at radius 3 is 2.62 bits per heavy atom. The molecule has 2 aliphatic heterocycles. The lowest BCUT2D eigenvalue weighted by Crippen LogP contribution is -2.38. The molecule has 5 rings (SSSR count). The van der Waals surface area contributed by atoms with Crippen LogP contribution in [0.5, 0.6) is 6.01 Å². The normalized spacial score (nSPS) is 20.5. The summed E-state index contributed by atoms with van der Waals surface area (Å²) in [5, 5.41) is 3.61. The van der Waals surface area contributed by atoms with Gasteiger partial charge in [-0.3, -0.25) is 5.43 Å². The Balaban J connectivity index is 1.38. The summed E-state index contributed by atoms with van der Waals surface area (Å²) in [6, 6.07) is 9.30. The van der Waals surface area contributed by atoms with E-state index >= 15 is 0 Å². The molecule has 0 radical (unpaired) electrons. The van der Waals surface area contributed by atoms with Crippen molar-refractivity contribution in [3.05, 3.63) is 59.8 Å². The number of nitrogens with two attached hydrogens (primary N) is 1. The minimum atomic E-state index is 0.160. The largest absolute Gasteiger partial charge is 0.461 e. The van der Waals surface area contributed by atoms with Crippen LogP contribution in [0.1, 0.15) is 116 Å². The molecule has 3 atom stereocenters. The summed E-state index contributed by atoms with van der Waals surface area (Å²) in [7, 11) is 4.30. The highest BCUT2D eigenvalue weighted by Gasteiger charge is 2.30. The monoisotopic (exact) mass is 688 g/mol. The molecule has 4 heterocycles. The number of aryl methyl sites for hydroxylation is 1. The van der Waals surface area contributed by atoms with Crippen molar-refractivity contribution in [2.75, 3.05) is 26.2 Å². The van der Waals surface area contributed by atoms with Crippen LogP contribution in [0.4, 0.5) is 0 Å². The highest BCUT2D eigenvalue weighted by atomic mass is 16.5. The number of hydrazine groups is 1. The molecule has 3 unspecified atom stereocenters. The predicted molar refractivity (Wildman–Crippen MR) is 206 cm³/mol. The fraction of sp³-hybridized carbons (Fsp3) is 0.659. The van der Waals surface area contributed by atoms with Crippen LogP contribution in [0.2, 0.25) is 0 Å². The second kappa shape index (κ2) is 16.8. The molecule has 2 saturated heterocycles. The maximum absolute atomic E-state index is 6.79. The summed E-state index contributed by atoms with van der Waals surface area (Å²) in [6.45, 7) is 22.5. The molecule has 4 N–H and O–H groups in total. The Hall–Kier alpha value is -3.30. The molecule has 0 spiro atoms. The van der Waals surface area contributed by atoms with Gasteiger partial charge in [-0.25, -0.2) is 10.4 Å². The lowest BCUT2D eigenvalue weighted by atomic mass is 9.82. The summed E-state index contributed by atoms with van der Waals surface area (Å²) < 4.78 is 13.6. The zero-order valence-electron chi connectivity index (χ0n) is 32.5. The van der Waals surface area contributed by atoms with Gasteiger partial charge in [0.25, 0.3) is 11.8 Å². The fourth-order valence-electron chi connectivity index (χ4n) is 8.19. The number of likely N-dealkylation sites (tertiary alicyclic amines) is 1. The van der Waals surface area contributed by atoms with E-state index in [1.54, 1.807) is 0 Å². The van der Waals surface area contributed by atoms with Crippen LogP contribution in [0.25, 0.3) is 16.9 Å². The van der Waals surface area contributed by atoms with Crippen LogP contribution in [0.3, 0.4) is 0 Å². The number of aromatic nitrogens is 4. The quantitative estimate of drug-likeness (QED) is 0.102. The van der Waals surface area contributed by atoms with Gasteiger partial charge >= 0.3 is 0 Å². The Kier molecular flexibility index (Phi) is 12.8. The first-order chi connectivity index (χ1) is 23.9. The van der Waals surface area contributed by atoms with Gasteiger partial charge in [0.2, 0.25) is 5.82 Å². The van der Waals surface area contributed by atoms with Gasteiger partial charge in [-0.2, -0.15) is 9.55 Å². The smallest absolute Gasteiger partial charge is 0.296 e. The summed E-state index contributed by atoms with van der Waals surface area (Å²) in [6.07, 6.45) is 13.0. The molecule has 2 fully saturated rings. The molecule has 9 nitrogen and oxygen atoms in total. The first kappa shape index (κ1) is 37.9. The molecule has 9 heteroatoms. The maximum atomic E-state index is 6.79. The van der Waals surface area contributed by atoms with Crippen LogP contribution in [0, 0.1) is 17.3 Å². The number of benzene rings is 1. The number of fused-ring (bicyclic) bond motifs is 1. The zero-order valence-corrected chi connectivity index (χ0v) is 32.5. The van der Waals surface area contributed by atoms with Gasteiger partial charge in [0.05, 0.1) is 12.7 Å². The number of allylic oxidation sites excluding steroid dienone is 2. The number of hydrogen-bond acceptors (Lipinski definition) is 6. The number of piperidine rings is 1. The fourth-order valence-corrected chi connectivity index (χ4v) is 8.19. The molecule has 0 amide bonds. The minimum Gasteiger partial charge on any atom is -0.461 e. The van der Waals surface area contributed by atoms with Crippen molar-refractivity contribution in [2.24, 2.45) is 37.2 Å². The number of nitrogens with one attached hydrogen (secondary N) is 2. The summed E-state index contributed by atoms with van der Waals surface area (Å²) in [5.41, 5.74) is 9.48. The van der Waals surface area contributed by atoms with E-state index < -0.39 is 0 Å². The lowest BCUT2D eigenvalue weighted by Gasteiger charge is -2.35. The van der Waals surface area contributed by atoms with Crippen LogP contribution < -0.4 is 25.9 Å². The molecule has 3 aromatic rings. The van der Waals surface area contributed by atoms with Crippen LogP contribution in [0.15, 0.2) is 42.6 Å². The van der Waals surface area contributed by atoms with E-state index in [2.05, 4.69) is 122 Å². The van der Waals surface area contributed by atoms with Crippen molar-refractivity contribution in [1.82, 2.24) is 29.8 Å². The van der Waals surface area contributed by atoms with Gasteiger partial charge in [0.15, 0.2) is 11.0 Å². The second-order valence-electron chi connectivity index (χ2n) is 16.4. The van der Waals surface area contributed by atoms with Crippen LogP contribution >= 0.6 is 0 Å². The number of para-hydroxylation sites is 2. The highest BCUT2D eigenvalue weighted by Crippen LogP contribution is 2.34. The predicted octanol–water partition coefficient (Wildman–Crippen LogP) is 6.97. The Bertz CT molecular complexity index is 1600. The minimum absolute atomic E-state index is 0.160. The molecular formula is C41H67N8O+. The average molecular weight is 688 g/mol. The van der Waals surface area contributed by atoms with Gasteiger partial charge in [-0.05, 0) is 93.5 Å². The van der Waals surface area contributed by atoms with Gasteiger partial charge in [0, 0.05) is 56.7 Å². The van der Waals surface area contributed by atoms with E-state index in [0.29, 0.717) is 17.3 Å². The van der Waals surface area contributed by atoms with Crippen molar-refractivity contribution in [2.45, 2.75) is 118 Å². The van der Waals surface area contributed by atoms with E-state index in [0.717, 1.165) is 88.5 Å². The third-order valence-electron chi connectivity index (χ3n) is 11.4. The molecule has 50 heavy (non-hydrogen) atoms. The van der Waals surface area contributed by atoms with Gasteiger partial charge in [-0.15, -0.1) is 0 Å². The number of nitrogens with zero attached hydrogens (tertiary/aromatic N) is 5. The van der Waals surface area contributed by atoms with Crippen molar-refractivity contribution in [1.29, 1.82) is 0 Å². The molecule has 276 valence electrons. The van der Waals surface area contributed by atoms with Gasteiger partial charge in [-0.1, -0.05) is 60.3 Å². The Morgan fingerprint density at radius 2 is 1.92 bits per heavy atom. The first-order valence-electron chi connectivity index (χ1n) is 19.4. The SMILES string of the molecule is C=C(CCC(C)(C)C)N1CCC(Oc2nc(CC3CCCNCCC3C)c(C(C)CC=C(NN)n3c(CC)[n+](C)c4ccccc43)n2C)CC1. The Morgan fingerprint density at radius 1 is 1.18 bits per heavy atom. The van der Waals surface area contributed by atoms with E-state index in [9.17, 15) is 0 Å². The first-order valence-corrected chi connectivity index (χ1v) is 19.4. The van der Waals surface area contributed by atoms with Crippen LogP contribution in [-0.4, -0.2) is 51.3 Å². The summed E-state index contributed by atoms with van der Waals surface area (Å²) in [4.78, 5) is 7.79.